The molecule has 0 aromatic carbocycles. The highest BCUT2D eigenvalue weighted by atomic mass is 16.5. The Labute approximate surface area is 398 Å². The molecule has 6 heteroatoms. The number of carbonyl (C=O) groups is 2. The summed E-state index contributed by atoms with van der Waals surface area (Å²) >= 11 is 0. The van der Waals surface area contributed by atoms with Gasteiger partial charge in [0.15, 0.2) is 0 Å². The molecule has 6 nitrogen and oxygen atoms in total. The number of rotatable bonds is 52. The van der Waals surface area contributed by atoms with Crippen molar-refractivity contribution in [2.75, 3.05) is 13.2 Å². The maximum absolute atomic E-state index is 12.5. The maximum atomic E-state index is 12.5. The molecule has 0 saturated heterocycles. The summed E-state index contributed by atoms with van der Waals surface area (Å²) in [6, 6.07) is -0.554. The maximum Gasteiger partial charge on any atom is 0.305 e. The van der Waals surface area contributed by atoms with Crippen molar-refractivity contribution < 1.29 is 24.5 Å². The molecule has 64 heavy (non-hydrogen) atoms. The average Bonchev–Trinajstić information content (AvgIpc) is 3.29. The van der Waals surface area contributed by atoms with Crippen LogP contribution in [0.5, 0.6) is 0 Å². The van der Waals surface area contributed by atoms with Gasteiger partial charge in [-0.2, -0.15) is 0 Å². The Morgan fingerprint density at radius 1 is 0.438 bits per heavy atom. The number of hydrogen-bond donors (Lipinski definition) is 3. The molecule has 0 rings (SSSR count). The van der Waals surface area contributed by atoms with Crippen LogP contribution in [0, 0.1) is 0 Å². The number of aliphatic hydroxyl groups excluding tert-OH is 2. The molecule has 0 aromatic heterocycles. The second-order valence-electron chi connectivity index (χ2n) is 19.3. The van der Waals surface area contributed by atoms with Crippen LogP contribution in [0.3, 0.4) is 0 Å². The van der Waals surface area contributed by atoms with E-state index in [-0.39, 0.29) is 18.5 Å². The van der Waals surface area contributed by atoms with Crippen molar-refractivity contribution in [2.45, 2.75) is 309 Å². The fourth-order valence-corrected chi connectivity index (χ4v) is 8.55. The van der Waals surface area contributed by atoms with Crippen LogP contribution in [0.1, 0.15) is 296 Å². The molecule has 0 aromatic rings. The SMILES string of the molecule is CCCCCC/C=C\C/C=C\CCCCCCCC(=O)OCCCCCC/C=C\CCCCCCCCCC(=O)NC(CO)C(O)CCCCCCCCCCCCCCCCCC. The number of aliphatic hydroxyl groups is 2. The Morgan fingerprint density at radius 2 is 0.781 bits per heavy atom. The summed E-state index contributed by atoms with van der Waals surface area (Å²) in [6.07, 6.45) is 65.5. The molecule has 0 aliphatic carbocycles. The van der Waals surface area contributed by atoms with Gasteiger partial charge in [-0.05, 0) is 83.5 Å². The fourth-order valence-electron chi connectivity index (χ4n) is 8.55. The van der Waals surface area contributed by atoms with E-state index in [2.05, 4.69) is 55.6 Å². The molecule has 0 radical (unpaired) electrons. The van der Waals surface area contributed by atoms with Crippen molar-refractivity contribution in [2.24, 2.45) is 0 Å². The van der Waals surface area contributed by atoms with Crippen LogP contribution in [0.15, 0.2) is 36.5 Å². The molecule has 2 unspecified atom stereocenters. The van der Waals surface area contributed by atoms with Crippen molar-refractivity contribution in [1.29, 1.82) is 0 Å². The highest BCUT2D eigenvalue weighted by Gasteiger charge is 2.20. The van der Waals surface area contributed by atoms with Gasteiger partial charge in [0.1, 0.15) is 0 Å². The summed E-state index contributed by atoms with van der Waals surface area (Å²) in [6.45, 7) is 4.90. The van der Waals surface area contributed by atoms with E-state index in [1.165, 1.54) is 186 Å². The zero-order valence-corrected chi connectivity index (χ0v) is 42.8. The van der Waals surface area contributed by atoms with Gasteiger partial charge in [0.05, 0.1) is 25.4 Å². The molecule has 0 aliphatic heterocycles. The smallest absolute Gasteiger partial charge is 0.305 e. The van der Waals surface area contributed by atoms with E-state index in [9.17, 15) is 19.8 Å². The minimum atomic E-state index is -0.675. The van der Waals surface area contributed by atoms with Crippen LogP contribution in [0.4, 0.5) is 0 Å². The molecule has 0 bridgehead atoms. The number of amides is 1. The Hall–Kier alpha value is -1.92. The van der Waals surface area contributed by atoms with Crippen molar-refractivity contribution in [1.82, 2.24) is 5.32 Å². The summed E-state index contributed by atoms with van der Waals surface area (Å²) < 4.78 is 5.46. The standard InChI is InChI=1S/C58H109NO5/c1-3-5-7-9-11-13-15-17-19-22-26-30-34-38-42-46-50-56(61)55(54-60)59-57(62)51-47-43-39-35-31-27-23-21-25-29-33-37-41-45-49-53-64-58(63)52-48-44-40-36-32-28-24-20-18-16-14-12-10-8-6-4-2/h14,16,20,24-25,29,55-56,60-61H,3-13,15,17-19,21-23,26-28,30-54H2,1-2H3,(H,59,62)/b16-14-,24-20-,29-25-. The molecule has 1 amide bonds. The van der Waals surface area contributed by atoms with E-state index in [1.807, 2.05) is 0 Å². The van der Waals surface area contributed by atoms with E-state index >= 15 is 0 Å². The Kier molecular flexibility index (Phi) is 52.1. The summed E-state index contributed by atoms with van der Waals surface area (Å²) in [5.74, 6) is -0.0736. The van der Waals surface area contributed by atoms with Crippen molar-refractivity contribution >= 4 is 11.9 Å². The quantitative estimate of drug-likeness (QED) is 0.0321. The van der Waals surface area contributed by atoms with Gasteiger partial charge >= 0.3 is 5.97 Å². The minimum Gasteiger partial charge on any atom is -0.466 e. The summed E-state index contributed by atoms with van der Waals surface area (Å²) in [5.41, 5.74) is 0. The average molecular weight is 901 g/mol. The number of carbonyl (C=O) groups excluding carboxylic acids is 2. The molecule has 0 aliphatic rings. The van der Waals surface area contributed by atoms with E-state index < -0.39 is 12.1 Å². The molecular weight excluding hydrogens is 791 g/mol. The van der Waals surface area contributed by atoms with E-state index in [1.54, 1.807) is 0 Å². The molecule has 376 valence electrons. The lowest BCUT2D eigenvalue weighted by molar-refractivity contribution is -0.143. The zero-order chi connectivity index (χ0) is 46.5. The van der Waals surface area contributed by atoms with Crippen molar-refractivity contribution in [3.8, 4) is 0 Å². The molecule has 0 saturated carbocycles. The van der Waals surface area contributed by atoms with Crippen LogP contribution < -0.4 is 5.32 Å². The number of hydrogen-bond acceptors (Lipinski definition) is 5. The van der Waals surface area contributed by atoms with Gasteiger partial charge in [-0.1, -0.05) is 237 Å². The van der Waals surface area contributed by atoms with Gasteiger partial charge < -0.3 is 20.3 Å². The highest BCUT2D eigenvalue weighted by molar-refractivity contribution is 5.76. The van der Waals surface area contributed by atoms with Crippen LogP contribution >= 0.6 is 0 Å². The Morgan fingerprint density at radius 3 is 1.22 bits per heavy atom. The van der Waals surface area contributed by atoms with E-state index in [0.717, 1.165) is 77.0 Å². The topological polar surface area (TPSA) is 95.9 Å². The largest absolute Gasteiger partial charge is 0.466 e. The molecule has 0 heterocycles. The first-order valence-electron chi connectivity index (χ1n) is 28.2. The fraction of sp³-hybridized carbons (Fsp3) is 0.862. The van der Waals surface area contributed by atoms with Gasteiger partial charge in [0, 0.05) is 12.8 Å². The van der Waals surface area contributed by atoms with Crippen LogP contribution in [-0.4, -0.2) is 47.4 Å². The second kappa shape index (κ2) is 53.7. The highest BCUT2D eigenvalue weighted by Crippen LogP contribution is 2.16. The lowest BCUT2D eigenvalue weighted by atomic mass is 10.0. The number of ether oxygens (including phenoxy) is 1. The molecule has 0 fully saturated rings. The predicted molar refractivity (Wildman–Crippen MR) is 278 cm³/mol. The summed E-state index contributed by atoms with van der Waals surface area (Å²) in [7, 11) is 0. The van der Waals surface area contributed by atoms with Gasteiger partial charge in [-0.15, -0.1) is 0 Å². The normalized spacial score (nSPS) is 12.9. The molecular formula is C58H109NO5. The first-order valence-corrected chi connectivity index (χ1v) is 28.2. The predicted octanol–water partition coefficient (Wildman–Crippen LogP) is 17.2. The van der Waals surface area contributed by atoms with Gasteiger partial charge in [-0.3, -0.25) is 9.59 Å². The zero-order valence-electron chi connectivity index (χ0n) is 42.8. The van der Waals surface area contributed by atoms with Gasteiger partial charge in [0.25, 0.3) is 0 Å². The second-order valence-corrected chi connectivity index (χ2v) is 19.3. The number of allylic oxidation sites excluding steroid dienone is 6. The summed E-state index contributed by atoms with van der Waals surface area (Å²) in [4.78, 5) is 24.5. The first kappa shape index (κ1) is 62.1. The monoisotopic (exact) mass is 900 g/mol. The first-order chi connectivity index (χ1) is 31.5. The third-order valence-electron chi connectivity index (χ3n) is 12.9. The number of unbranched alkanes of at least 4 members (excludes halogenated alkanes) is 35. The van der Waals surface area contributed by atoms with Crippen molar-refractivity contribution in [3.63, 3.8) is 0 Å². The van der Waals surface area contributed by atoms with Gasteiger partial charge in [-0.25, -0.2) is 0 Å². The van der Waals surface area contributed by atoms with Crippen molar-refractivity contribution in [3.05, 3.63) is 36.5 Å². The van der Waals surface area contributed by atoms with E-state index in [0.29, 0.717) is 25.9 Å². The minimum absolute atomic E-state index is 0.0236. The van der Waals surface area contributed by atoms with Crippen LogP contribution in [0.2, 0.25) is 0 Å². The third kappa shape index (κ3) is 49.5. The molecule has 0 spiro atoms. The number of nitrogens with one attached hydrogen (secondary N) is 1. The molecule has 3 N–H and O–H groups in total. The lowest BCUT2D eigenvalue weighted by Gasteiger charge is -2.22. The molecule has 2 atom stereocenters. The van der Waals surface area contributed by atoms with E-state index in [4.69, 9.17) is 4.74 Å². The van der Waals surface area contributed by atoms with Gasteiger partial charge in [0.2, 0.25) is 5.91 Å². The number of esters is 1. The Bertz CT molecular complexity index is 1040. The third-order valence-corrected chi connectivity index (χ3v) is 12.9. The van der Waals surface area contributed by atoms with Crippen LogP contribution in [0.25, 0.3) is 0 Å². The van der Waals surface area contributed by atoms with Crippen LogP contribution in [-0.2, 0) is 14.3 Å². The summed E-state index contributed by atoms with van der Waals surface area (Å²) in [5, 5.41) is 23.3. The lowest BCUT2D eigenvalue weighted by Crippen LogP contribution is -2.45. The Balaban J connectivity index is 3.49.